The second kappa shape index (κ2) is 8.52. The van der Waals surface area contributed by atoms with Gasteiger partial charge < -0.3 is 15.1 Å². The maximum Gasteiger partial charge on any atom is 0.248 e. The lowest BCUT2D eigenvalue weighted by Crippen LogP contribution is -2.46. The van der Waals surface area contributed by atoms with E-state index in [2.05, 4.69) is 22.0 Å². The summed E-state index contributed by atoms with van der Waals surface area (Å²) in [6, 6.07) is 9.63. The molecule has 0 bridgehead atoms. The highest BCUT2D eigenvalue weighted by atomic mass is 35.5. The summed E-state index contributed by atoms with van der Waals surface area (Å²) in [7, 11) is 0. The van der Waals surface area contributed by atoms with Crippen LogP contribution in [0.25, 0.3) is 6.08 Å². The van der Waals surface area contributed by atoms with E-state index in [0.29, 0.717) is 5.02 Å². The second-order valence-electron chi connectivity index (χ2n) is 5.92. The van der Waals surface area contributed by atoms with Crippen LogP contribution < -0.4 is 10.2 Å². The number of carbonyl (C=O) groups is 1. The first-order valence-corrected chi connectivity index (χ1v) is 9.71. The molecule has 1 aliphatic heterocycles. The third-order valence-corrected chi connectivity index (χ3v) is 5.39. The Labute approximate surface area is 157 Å². The molecule has 2 aromatic rings. The lowest BCUT2D eigenvalue weighted by molar-refractivity contribution is -0.111. The summed E-state index contributed by atoms with van der Waals surface area (Å²) < 4.78 is 0. The van der Waals surface area contributed by atoms with Crippen LogP contribution in [0.3, 0.4) is 0 Å². The molecule has 1 fully saturated rings. The van der Waals surface area contributed by atoms with E-state index in [1.165, 1.54) is 0 Å². The van der Waals surface area contributed by atoms with Crippen LogP contribution >= 0.6 is 22.9 Å². The van der Waals surface area contributed by atoms with Gasteiger partial charge in [0.25, 0.3) is 0 Å². The van der Waals surface area contributed by atoms with Crippen LogP contribution in [0.15, 0.2) is 41.8 Å². The fraction of sp³-hybridized carbons (Fsp3) is 0.316. The third kappa shape index (κ3) is 4.84. The molecular weight excluding hydrogens is 354 g/mol. The first kappa shape index (κ1) is 18.0. The van der Waals surface area contributed by atoms with Crippen molar-refractivity contribution >= 4 is 46.3 Å². The van der Waals surface area contributed by atoms with Crippen molar-refractivity contribution in [1.82, 2.24) is 4.90 Å². The average Bonchev–Trinajstić information content (AvgIpc) is 3.14. The normalized spacial score (nSPS) is 15.7. The summed E-state index contributed by atoms with van der Waals surface area (Å²) in [5.41, 5.74) is 1.79. The van der Waals surface area contributed by atoms with E-state index in [-0.39, 0.29) is 5.91 Å². The molecule has 0 unspecified atom stereocenters. The fourth-order valence-corrected chi connectivity index (χ4v) is 3.70. The molecule has 4 nitrogen and oxygen atoms in total. The molecule has 0 radical (unpaired) electrons. The smallest absolute Gasteiger partial charge is 0.248 e. The maximum absolute atomic E-state index is 12.3. The summed E-state index contributed by atoms with van der Waals surface area (Å²) in [5, 5.41) is 5.58. The molecule has 3 rings (SSSR count). The molecule has 1 saturated heterocycles. The number of hydrogen-bond acceptors (Lipinski definition) is 4. The van der Waals surface area contributed by atoms with Gasteiger partial charge in [0.2, 0.25) is 5.91 Å². The number of hydrogen-bond donors (Lipinski definition) is 1. The molecule has 0 aliphatic carbocycles. The minimum atomic E-state index is -0.149. The molecule has 0 spiro atoms. The standard InChI is InChI=1S/C19H22ClN3OS/c1-2-22-9-11-23(12-10-22)18-7-5-15(20)14-17(18)21-19(24)8-6-16-4-3-13-25-16/h3-8,13-14H,2,9-12H2,1H3,(H,21,24)/b8-6+. The predicted octanol–water partition coefficient (Wildman–Crippen LogP) is 4.20. The molecule has 2 heterocycles. The van der Waals surface area contributed by atoms with E-state index in [1.807, 2.05) is 41.8 Å². The van der Waals surface area contributed by atoms with Crippen LogP contribution in [-0.2, 0) is 4.79 Å². The highest BCUT2D eigenvalue weighted by Crippen LogP contribution is 2.30. The summed E-state index contributed by atoms with van der Waals surface area (Å²) in [6.07, 6.45) is 3.38. The monoisotopic (exact) mass is 375 g/mol. The van der Waals surface area contributed by atoms with Gasteiger partial charge in [0.15, 0.2) is 0 Å². The van der Waals surface area contributed by atoms with E-state index in [9.17, 15) is 4.79 Å². The van der Waals surface area contributed by atoms with Crippen LogP contribution in [0, 0.1) is 0 Å². The van der Waals surface area contributed by atoms with Crippen LogP contribution in [0.2, 0.25) is 5.02 Å². The molecule has 1 aliphatic rings. The number of nitrogens with one attached hydrogen (secondary N) is 1. The van der Waals surface area contributed by atoms with Gasteiger partial charge in [-0.25, -0.2) is 0 Å². The topological polar surface area (TPSA) is 35.6 Å². The number of benzene rings is 1. The summed E-state index contributed by atoms with van der Waals surface area (Å²) in [5.74, 6) is -0.149. The Morgan fingerprint density at radius 3 is 2.76 bits per heavy atom. The van der Waals surface area contributed by atoms with E-state index < -0.39 is 0 Å². The molecular formula is C19H22ClN3OS. The van der Waals surface area contributed by atoms with Crippen molar-refractivity contribution < 1.29 is 4.79 Å². The second-order valence-corrected chi connectivity index (χ2v) is 7.34. The van der Waals surface area contributed by atoms with Crippen molar-refractivity contribution in [3.8, 4) is 0 Å². The average molecular weight is 376 g/mol. The van der Waals surface area contributed by atoms with E-state index in [4.69, 9.17) is 11.6 Å². The lowest BCUT2D eigenvalue weighted by atomic mass is 10.2. The van der Waals surface area contributed by atoms with Crippen molar-refractivity contribution in [3.63, 3.8) is 0 Å². The Balaban J connectivity index is 1.72. The van der Waals surface area contributed by atoms with E-state index in [0.717, 1.165) is 49.0 Å². The minimum absolute atomic E-state index is 0.149. The van der Waals surface area contributed by atoms with Gasteiger partial charge in [0.05, 0.1) is 11.4 Å². The molecule has 1 aromatic heterocycles. The lowest BCUT2D eigenvalue weighted by Gasteiger charge is -2.36. The minimum Gasteiger partial charge on any atom is -0.367 e. The van der Waals surface area contributed by atoms with Crippen LogP contribution in [-0.4, -0.2) is 43.5 Å². The van der Waals surface area contributed by atoms with Crippen molar-refractivity contribution in [3.05, 3.63) is 51.7 Å². The largest absolute Gasteiger partial charge is 0.367 e. The number of halogens is 1. The van der Waals surface area contributed by atoms with Gasteiger partial charge in [0, 0.05) is 42.2 Å². The molecule has 1 amide bonds. The zero-order chi connectivity index (χ0) is 17.6. The third-order valence-electron chi connectivity index (χ3n) is 4.32. The van der Waals surface area contributed by atoms with E-state index in [1.54, 1.807) is 17.4 Å². The van der Waals surface area contributed by atoms with Crippen LogP contribution in [0.5, 0.6) is 0 Å². The number of amides is 1. The van der Waals surface area contributed by atoms with Gasteiger partial charge in [0.1, 0.15) is 0 Å². The Hall–Kier alpha value is -1.82. The number of rotatable bonds is 5. The van der Waals surface area contributed by atoms with Crippen molar-refractivity contribution in [1.29, 1.82) is 0 Å². The molecule has 0 atom stereocenters. The number of nitrogens with zero attached hydrogens (tertiary/aromatic N) is 2. The zero-order valence-electron chi connectivity index (χ0n) is 14.2. The highest BCUT2D eigenvalue weighted by molar-refractivity contribution is 7.10. The summed E-state index contributed by atoms with van der Waals surface area (Å²) in [6.45, 7) is 7.22. The first-order chi connectivity index (χ1) is 12.2. The number of piperazine rings is 1. The van der Waals surface area contributed by atoms with Gasteiger partial charge in [-0.2, -0.15) is 0 Å². The molecule has 132 valence electrons. The zero-order valence-corrected chi connectivity index (χ0v) is 15.8. The molecule has 25 heavy (non-hydrogen) atoms. The van der Waals surface area contributed by atoms with Crippen molar-refractivity contribution in [2.24, 2.45) is 0 Å². The maximum atomic E-state index is 12.3. The number of anilines is 2. The van der Waals surface area contributed by atoms with Gasteiger partial charge in [-0.05, 0) is 42.3 Å². The highest BCUT2D eigenvalue weighted by Gasteiger charge is 2.19. The molecule has 0 saturated carbocycles. The summed E-state index contributed by atoms with van der Waals surface area (Å²) in [4.78, 5) is 18.1. The van der Waals surface area contributed by atoms with E-state index >= 15 is 0 Å². The number of carbonyl (C=O) groups excluding carboxylic acids is 1. The van der Waals surface area contributed by atoms with Crippen LogP contribution in [0.1, 0.15) is 11.8 Å². The van der Waals surface area contributed by atoms with Crippen molar-refractivity contribution in [2.45, 2.75) is 6.92 Å². The fourth-order valence-electron chi connectivity index (χ4n) is 2.91. The molecule has 6 heteroatoms. The van der Waals surface area contributed by atoms with Crippen LogP contribution in [0.4, 0.5) is 11.4 Å². The Morgan fingerprint density at radius 2 is 2.08 bits per heavy atom. The molecule has 1 N–H and O–H groups in total. The first-order valence-electron chi connectivity index (χ1n) is 8.45. The van der Waals surface area contributed by atoms with Gasteiger partial charge >= 0.3 is 0 Å². The molecule has 1 aromatic carbocycles. The van der Waals surface area contributed by atoms with Gasteiger partial charge in [-0.3, -0.25) is 4.79 Å². The number of likely N-dealkylation sites (N-methyl/N-ethyl adjacent to an activating group) is 1. The Bertz CT molecular complexity index is 737. The number of thiophene rings is 1. The Morgan fingerprint density at radius 1 is 1.28 bits per heavy atom. The van der Waals surface area contributed by atoms with Gasteiger partial charge in [-0.1, -0.05) is 24.6 Å². The van der Waals surface area contributed by atoms with Crippen molar-refractivity contribution in [2.75, 3.05) is 42.9 Å². The SMILES string of the molecule is CCN1CCN(c2ccc(Cl)cc2NC(=O)/C=C/c2cccs2)CC1. The predicted molar refractivity (Wildman–Crippen MR) is 108 cm³/mol. The summed E-state index contributed by atoms with van der Waals surface area (Å²) >= 11 is 7.75. The van der Waals surface area contributed by atoms with Gasteiger partial charge in [-0.15, -0.1) is 11.3 Å². The Kier molecular flexibility index (Phi) is 6.13. The quantitative estimate of drug-likeness (QED) is 0.796.